The highest BCUT2D eigenvalue weighted by atomic mass is 16.4. The molecule has 3 heteroatoms. The molecule has 1 aromatic rings. The van der Waals surface area contributed by atoms with Crippen LogP contribution in [-0.2, 0) is 4.79 Å². The quantitative estimate of drug-likeness (QED) is 0.769. The van der Waals surface area contributed by atoms with E-state index in [9.17, 15) is 4.79 Å². The van der Waals surface area contributed by atoms with Crippen molar-refractivity contribution in [3.8, 4) is 0 Å². The van der Waals surface area contributed by atoms with Crippen molar-refractivity contribution in [1.82, 2.24) is 0 Å². The molecule has 0 radical (unpaired) electrons. The van der Waals surface area contributed by atoms with Gasteiger partial charge in [0.15, 0.2) is 0 Å². The van der Waals surface area contributed by atoms with E-state index in [2.05, 4.69) is 0 Å². The minimum atomic E-state index is -0.861. The molecule has 1 aromatic carbocycles. The van der Waals surface area contributed by atoms with Crippen molar-refractivity contribution < 1.29 is 9.90 Å². The number of aliphatic carboxylic acids is 1. The van der Waals surface area contributed by atoms with Crippen LogP contribution in [0, 0.1) is 13.8 Å². The van der Waals surface area contributed by atoms with E-state index in [4.69, 9.17) is 10.8 Å². The van der Waals surface area contributed by atoms with E-state index < -0.39 is 12.0 Å². The zero-order valence-corrected chi connectivity index (χ0v) is 8.45. The van der Waals surface area contributed by atoms with Crippen LogP contribution in [0.15, 0.2) is 18.2 Å². The molecule has 14 heavy (non-hydrogen) atoms. The van der Waals surface area contributed by atoms with Crippen molar-refractivity contribution >= 4 is 5.97 Å². The van der Waals surface area contributed by atoms with Gasteiger partial charge in [0.05, 0.1) is 6.42 Å². The van der Waals surface area contributed by atoms with Crippen molar-refractivity contribution in [2.24, 2.45) is 5.73 Å². The average Bonchev–Trinajstić information content (AvgIpc) is 2.01. The molecular formula is C11H15NO2. The largest absolute Gasteiger partial charge is 0.481 e. The Labute approximate surface area is 83.6 Å². The van der Waals surface area contributed by atoms with Crippen LogP contribution in [0.25, 0.3) is 0 Å². The second-order valence-electron chi connectivity index (χ2n) is 3.51. The topological polar surface area (TPSA) is 63.3 Å². The number of rotatable bonds is 3. The van der Waals surface area contributed by atoms with Gasteiger partial charge in [-0.25, -0.2) is 0 Å². The summed E-state index contributed by atoms with van der Waals surface area (Å²) >= 11 is 0. The highest BCUT2D eigenvalue weighted by molar-refractivity contribution is 5.68. The molecule has 0 bridgehead atoms. The second-order valence-corrected chi connectivity index (χ2v) is 3.51. The lowest BCUT2D eigenvalue weighted by Crippen LogP contribution is -2.17. The van der Waals surface area contributed by atoms with Crippen molar-refractivity contribution in [3.63, 3.8) is 0 Å². The number of carboxylic acid groups (broad SMARTS) is 1. The number of nitrogens with two attached hydrogens (primary N) is 1. The standard InChI is InChI=1S/C11H15NO2/c1-7-4-3-5-8(2)11(7)9(12)6-10(13)14/h3-5,9H,6,12H2,1-2H3,(H,13,14)/t9-/m0/s1. The Kier molecular flexibility index (Phi) is 3.25. The van der Waals surface area contributed by atoms with Gasteiger partial charge in [0.2, 0.25) is 0 Å². The van der Waals surface area contributed by atoms with E-state index in [0.29, 0.717) is 0 Å². The van der Waals surface area contributed by atoms with Crippen LogP contribution in [0.1, 0.15) is 29.2 Å². The molecule has 0 aliphatic rings. The van der Waals surface area contributed by atoms with Crippen LogP contribution in [0.5, 0.6) is 0 Å². The van der Waals surface area contributed by atoms with Crippen molar-refractivity contribution in [3.05, 3.63) is 34.9 Å². The maximum atomic E-state index is 10.5. The number of benzene rings is 1. The van der Waals surface area contributed by atoms with Gasteiger partial charge in [0.25, 0.3) is 0 Å². The second kappa shape index (κ2) is 4.24. The Hall–Kier alpha value is -1.35. The summed E-state index contributed by atoms with van der Waals surface area (Å²) in [5.74, 6) is -0.861. The lowest BCUT2D eigenvalue weighted by atomic mass is 9.95. The highest BCUT2D eigenvalue weighted by Gasteiger charge is 2.14. The van der Waals surface area contributed by atoms with E-state index in [0.717, 1.165) is 16.7 Å². The van der Waals surface area contributed by atoms with Crippen LogP contribution in [0.2, 0.25) is 0 Å². The molecule has 0 amide bonds. The number of carbonyl (C=O) groups is 1. The normalized spacial score (nSPS) is 12.5. The molecule has 0 unspecified atom stereocenters. The fourth-order valence-electron chi connectivity index (χ4n) is 1.70. The van der Waals surface area contributed by atoms with Crippen molar-refractivity contribution in [1.29, 1.82) is 0 Å². The molecule has 76 valence electrons. The Balaban J connectivity index is 2.99. The summed E-state index contributed by atoms with van der Waals surface area (Å²) in [5.41, 5.74) is 8.88. The van der Waals surface area contributed by atoms with Crippen LogP contribution in [0.4, 0.5) is 0 Å². The summed E-state index contributed by atoms with van der Waals surface area (Å²) < 4.78 is 0. The summed E-state index contributed by atoms with van der Waals surface area (Å²) in [4.78, 5) is 10.5. The van der Waals surface area contributed by atoms with Gasteiger partial charge in [-0.15, -0.1) is 0 Å². The molecule has 0 aromatic heterocycles. The van der Waals surface area contributed by atoms with E-state index in [1.54, 1.807) is 0 Å². The number of carboxylic acids is 1. The Morgan fingerprint density at radius 1 is 1.43 bits per heavy atom. The van der Waals surface area contributed by atoms with Gasteiger partial charge in [-0.05, 0) is 30.5 Å². The summed E-state index contributed by atoms with van der Waals surface area (Å²) in [6.45, 7) is 3.90. The van der Waals surface area contributed by atoms with Crippen LogP contribution in [0.3, 0.4) is 0 Å². The van der Waals surface area contributed by atoms with Crippen LogP contribution in [-0.4, -0.2) is 11.1 Å². The lowest BCUT2D eigenvalue weighted by Gasteiger charge is -2.15. The Bertz CT molecular complexity index is 327. The third kappa shape index (κ3) is 2.33. The Morgan fingerprint density at radius 2 is 1.93 bits per heavy atom. The monoisotopic (exact) mass is 193 g/mol. The van der Waals surface area contributed by atoms with E-state index in [-0.39, 0.29) is 6.42 Å². The maximum absolute atomic E-state index is 10.5. The van der Waals surface area contributed by atoms with Gasteiger partial charge in [0.1, 0.15) is 0 Å². The summed E-state index contributed by atoms with van der Waals surface area (Å²) in [6, 6.07) is 5.43. The van der Waals surface area contributed by atoms with Crippen LogP contribution >= 0.6 is 0 Å². The smallest absolute Gasteiger partial charge is 0.305 e. The average molecular weight is 193 g/mol. The summed E-state index contributed by atoms with van der Waals surface area (Å²) in [6.07, 6.45) is -0.0221. The molecule has 3 nitrogen and oxygen atoms in total. The van der Waals surface area contributed by atoms with Gasteiger partial charge >= 0.3 is 5.97 Å². The van der Waals surface area contributed by atoms with Gasteiger partial charge in [-0.3, -0.25) is 4.79 Å². The van der Waals surface area contributed by atoms with Crippen LogP contribution < -0.4 is 5.73 Å². The third-order valence-electron chi connectivity index (χ3n) is 2.31. The van der Waals surface area contributed by atoms with Gasteiger partial charge in [-0.1, -0.05) is 18.2 Å². The predicted molar refractivity (Wildman–Crippen MR) is 55.1 cm³/mol. The molecule has 0 aliphatic heterocycles. The minimum absolute atomic E-state index is 0.0221. The van der Waals surface area contributed by atoms with Crippen molar-refractivity contribution in [2.45, 2.75) is 26.3 Å². The summed E-state index contributed by atoms with van der Waals surface area (Å²) in [5, 5.41) is 8.65. The predicted octanol–water partition coefficient (Wildman–Crippen LogP) is 1.78. The lowest BCUT2D eigenvalue weighted by molar-refractivity contribution is -0.137. The van der Waals surface area contributed by atoms with Gasteiger partial charge in [0, 0.05) is 6.04 Å². The third-order valence-corrected chi connectivity index (χ3v) is 2.31. The SMILES string of the molecule is Cc1cccc(C)c1[C@@H](N)CC(=O)O. The molecule has 0 saturated carbocycles. The van der Waals surface area contributed by atoms with E-state index in [1.165, 1.54) is 0 Å². The van der Waals surface area contributed by atoms with E-state index in [1.807, 2.05) is 32.0 Å². The molecule has 0 saturated heterocycles. The molecule has 3 N–H and O–H groups in total. The van der Waals surface area contributed by atoms with Gasteiger partial charge < -0.3 is 10.8 Å². The van der Waals surface area contributed by atoms with Crippen molar-refractivity contribution in [2.75, 3.05) is 0 Å². The zero-order chi connectivity index (χ0) is 10.7. The molecule has 1 rings (SSSR count). The van der Waals surface area contributed by atoms with Gasteiger partial charge in [-0.2, -0.15) is 0 Å². The number of aryl methyl sites for hydroxylation is 2. The molecular weight excluding hydrogens is 178 g/mol. The molecule has 0 fully saturated rings. The fraction of sp³-hybridized carbons (Fsp3) is 0.364. The summed E-state index contributed by atoms with van der Waals surface area (Å²) in [7, 11) is 0. The number of hydrogen-bond donors (Lipinski definition) is 2. The molecule has 0 spiro atoms. The molecule has 0 aliphatic carbocycles. The first-order valence-corrected chi connectivity index (χ1v) is 4.56. The first-order chi connectivity index (χ1) is 6.52. The Morgan fingerprint density at radius 3 is 2.36 bits per heavy atom. The maximum Gasteiger partial charge on any atom is 0.305 e. The molecule has 0 heterocycles. The van der Waals surface area contributed by atoms with E-state index >= 15 is 0 Å². The number of hydrogen-bond acceptors (Lipinski definition) is 2. The minimum Gasteiger partial charge on any atom is -0.481 e. The first kappa shape index (κ1) is 10.7. The first-order valence-electron chi connectivity index (χ1n) is 4.56. The highest BCUT2D eigenvalue weighted by Crippen LogP contribution is 2.22. The fourth-order valence-corrected chi connectivity index (χ4v) is 1.70. The zero-order valence-electron chi connectivity index (χ0n) is 8.45. The molecule has 1 atom stereocenters.